The molecule has 0 bridgehead atoms. The van der Waals surface area contributed by atoms with E-state index in [0.29, 0.717) is 18.7 Å². The molecule has 0 aromatic heterocycles. The molecule has 1 atom stereocenters. The second-order valence-corrected chi connectivity index (χ2v) is 4.70. The summed E-state index contributed by atoms with van der Waals surface area (Å²) in [7, 11) is 0. The largest absolute Gasteiger partial charge is 0.755 e. The van der Waals surface area contributed by atoms with Crippen LogP contribution < -0.4 is 10.0 Å². The minimum absolute atomic E-state index is 0.0342. The average molecular weight is 299 g/mol. The van der Waals surface area contributed by atoms with Gasteiger partial charge in [0.2, 0.25) is 5.91 Å². The van der Waals surface area contributed by atoms with E-state index in [1.807, 2.05) is 0 Å². The highest BCUT2D eigenvalue weighted by Crippen LogP contribution is 2.10. The number of aliphatic carboxylic acids is 1. The van der Waals surface area contributed by atoms with Crippen LogP contribution in [0.3, 0.4) is 0 Å². The highest BCUT2D eigenvalue weighted by molar-refractivity contribution is 7.80. The minimum Gasteiger partial charge on any atom is -0.755 e. The second-order valence-electron chi connectivity index (χ2n) is 4.03. The molecule has 0 saturated heterocycles. The first kappa shape index (κ1) is 16.1. The smallest absolute Gasteiger partial charge is 0.303 e. The lowest BCUT2D eigenvalue weighted by Gasteiger charge is -2.09. The summed E-state index contributed by atoms with van der Waals surface area (Å²) in [5, 5.41) is 11.0. The lowest BCUT2D eigenvalue weighted by molar-refractivity contribution is -0.138. The number of amides is 1. The Kier molecular flexibility index (Phi) is 6.68. The van der Waals surface area contributed by atoms with Crippen LogP contribution in [-0.4, -0.2) is 32.3 Å². The number of carboxylic acid groups (broad SMARTS) is 1. The van der Waals surface area contributed by atoms with Gasteiger partial charge in [-0.05, 0) is 24.1 Å². The normalized spacial score (nSPS) is 11.7. The van der Waals surface area contributed by atoms with Crippen molar-refractivity contribution in [3.8, 4) is 0 Å². The van der Waals surface area contributed by atoms with Gasteiger partial charge in [0, 0.05) is 29.9 Å². The van der Waals surface area contributed by atoms with Crippen molar-refractivity contribution in [2.24, 2.45) is 0 Å². The Balaban J connectivity index is 2.29. The molecule has 1 rings (SSSR count). The summed E-state index contributed by atoms with van der Waals surface area (Å²) >= 11 is -2.35. The molecule has 0 heterocycles. The van der Waals surface area contributed by atoms with E-state index in [1.54, 1.807) is 24.3 Å². The molecule has 1 unspecified atom stereocenters. The van der Waals surface area contributed by atoms with E-state index >= 15 is 0 Å². The number of carboxylic acids is 1. The van der Waals surface area contributed by atoms with Gasteiger partial charge in [-0.3, -0.25) is 13.8 Å². The van der Waals surface area contributed by atoms with Gasteiger partial charge < -0.3 is 19.7 Å². The third-order valence-electron chi connectivity index (χ3n) is 2.46. The zero-order valence-electron chi connectivity index (χ0n) is 10.6. The second kappa shape index (κ2) is 8.28. The monoisotopic (exact) mass is 299 g/mol. The minimum atomic E-state index is -2.35. The highest BCUT2D eigenvalue weighted by atomic mass is 32.2. The van der Waals surface area contributed by atoms with E-state index in [4.69, 9.17) is 5.11 Å². The summed E-state index contributed by atoms with van der Waals surface area (Å²) in [5.41, 5.74) is 1.40. The van der Waals surface area contributed by atoms with Crippen LogP contribution in [0.15, 0.2) is 24.3 Å². The van der Waals surface area contributed by atoms with Gasteiger partial charge in [0.15, 0.2) is 0 Å². The number of carbonyl (C=O) groups excluding carboxylic acids is 1. The molecule has 110 valence electrons. The molecular weight excluding hydrogens is 284 g/mol. The fourth-order valence-corrected chi connectivity index (χ4v) is 1.82. The van der Waals surface area contributed by atoms with Crippen LogP contribution in [0.2, 0.25) is 0 Å². The van der Waals surface area contributed by atoms with E-state index in [0.717, 1.165) is 5.56 Å². The van der Waals surface area contributed by atoms with Gasteiger partial charge in [0.1, 0.15) is 0 Å². The highest BCUT2D eigenvalue weighted by Gasteiger charge is 2.04. The van der Waals surface area contributed by atoms with Crippen LogP contribution >= 0.6 is 0 Å². The Morgan fingerprint density at radius 2 is 1.85 bits per heavy atom. The SMILES string of the molecule is O=C(O)CCC(=O)NCCc1ccc(NS(=O)[O-])cc1. The van der Waals surface area contributed by atoms with E-state index in [9.17, 15) is 18.4 Å². The van der Waals surface area contributed by atoms with Gasteiger partial charge in [-0.1, -0.05) is 12.1 Å². The summed E-state index contributed by atoms with van der Waals surface area (Å²) in [6, 6.07) is 6.74. The van der Waals surface area contributed by atoms with Crippen molar-refractivity contribution in [3.63, 3.8) is 0 Å². The van der Waals surface area contributed by atoms with E-state index < -0.39 is 17.2 Å². The van der Waals surface area contributed by atoms with Crippen LogP contribution in [0.5, 0.6) is 0 Å². The fraction of sp³-hybridized carbons (Fsp3) is 0.333. The van der Waals surface area contributed by atoms with Gasteiger partial charge in [-0.15, -0.1) is 0 Å². The van der Waals surface area contributed by atoms with Crippen LogP contribution in [0.1, 0.15) is 18.4 Å². The molecule has 20 heavy (non-hydrogen) atoms. The molecule has 0 radical (unpaired) electrons. The molecule has 0 aliphatic rings. The Morgan fingerprint density at radius 1 is 1.20 bits per heavy atom. The number of anilines is 1. The summed E-state index contributed by atoms with van der Waals surface area (Å²) in [5.74, 6) is -1.30. The van der Waals surface area contributed by atoms with E-state index in [2.05, 4.69) is 10.0 Å². The van der Waals surface area contributed by atoms with Crippen molar-refractivity contribution >= 4 is 28.8 Å². The van der Waals surface area contributed by atoms with Crippen molar-refractivity contribution in [1.29, 1.82) is 0 Å². The lowest BCUT2D eigenvalue weighted by atomic mass is 10.1. The molecule has 7 nitrogen and oxygen atoms in total. The zero-order chi connectivity index (χ0) is 15.0. The summed E-state index contributed by atoms with van der Waals surface area (Å²) in [6.07, 6.45) is 0.367. The van der Waals surface area contributed by atoms with Crippen LogP contribution in [0.25, 0.3) is 0 Å². The first-order valence-corrected chi connectivity index (χ1v) is 6.98. The molecule has 0 spiro atoms. The molecule has 8 heteroatoms. The van der Waals surface area contributed by atoms with Crippen molar-refractivity contribution in [3.05, 3.63) is 29.8 Å². The molecule has 1 aromatic carbocycles. The maximum atomic E-state index is 11.3. The van der Waals surface area contributed by atoms with Gasteiger partial charge in [0.25, 0.3) is 0 Å². The van der Waals surface area contributed by atoms with E-state index in [-0.39, 0.29) is 18.7 Å². The Hall–Kier alpha value is -1.93. The van der Waals surface area contributed by atoms with Crippen molar-refractivity contribution in [2.45, 2.75) is 19.3 Å². The van der Waals surface area contributed by atoms with Crippen LogP contribution in [0.4, 0.5) is 5.69 Å². The fourth-order valence-electron chi connectivity index (χ4n) is 1.49. The molecule has 0 saturated carbocycles. The maximum absolute atomic E-state index is 11.3. The predicted octanol–water partition coefficient (Wildman–Crippen LogP) is 0.416. The molecule has 1 amide bonds. The van der Waals surface area contributed by atoms with Crippen molar-refractivity contribution in [2.75, 3.05) is 11.3 Å². The summed E-state index contributed by atoms with van der Waals surface area (Å²) in [4.78, 5) is 21.5. The maximum Gasteiger partial charge on any atom is 0.303 e. The van der Waals surface area contributed by atoms with Gasteiger partial charge in [0.05, 0.1) is 6.42 Å². The average Bonchev–Trinajstić information content (AvgIpc) is 2.38. The standard InChI is InChI=1S/C12H16N2O5S/c15-11(5-6-12(16)17)13-8-7-9-1-3-10(4-2-9)14-20(18)19/h1-4,14H,5-8H2,(H,13,15)(H,16,17)(H,18,19)/p-1. The number of rotatable bonds is 8. The quantitative estimate of drug-likeness (QED) is 0.601. The van der Waals surface area contributed by atoms with Gasteiger partial charge >= 0.3 is 5.97 Å². The number of benzene rings is 1. The van der Waals surface area contributed by atoms with Crippen LogP contribution in [-0.2, 0) is 27.3 Å². The van der Waals surface area contributed by atoms with Crippen LogP contribution in [0, 0.1) is 0 Å². The first-order valence-electron chi connectivity index (χ1n) is 5.90. The third kappa shape index (κ3) is 6.86. The molecule has 3 N–H and O–H groups in total. The Bertz CT molecular complexity index is 489. The lowest BCUT2D eigenvalue weighted by Crippen LogP contribution is -2.26. The molecule has 0 aliphatic carbocycles. The third-order valence-corrected chi connectivity index (χ3v) is 2.86. The topological polar surface area (TPSA) is 119 Å². The van der Waals surface area contributed by atoms with Gasteiger partial charge in [-0.2, -0.15) is 0 Å². The molecule has 0 fully saturated rings. The van der Waals surface area contributed by atoms with Crippen molar-refractivity contribution < 1.29 is 23.5 Å². The zero-order valence-corrected chi connectivity index (χ0v) is 11.4. The summed E-state index contributed by atoms with van der Waals surface area (Å²) < 4.78 is 23.0. The van der Waals surface area contributed by atoms with Crippen molar-refractivity contribution in [1.82, 2.24) is 5.32 Å². The molecule has 0 aliphatic heterocycles. The Morgan fingerprint density at radius 3 is 2.40 bits per heavy atom. The predicted molar refractivity (Wildman–Crippen MR) is 72.6 cm³/mol. The van der Waals surface area contributed by atoms with E-state index in [1.165, 1.54) is 0 Å². The number of nitrogens with one attached hydrogen (secondary N) is 2. The molecular formula is C12H15N2O5S-. The molecule has 1 aromatic rings. The number of hydrogen-bond donors (Lipinski definition) is 3. The number of carbonyl (C=O) groups is 2. The summed E-state index contributed by atoms with van der Waals surface area (Å²) in [6.45, 7) is 0.402. The van der Waals surface area contributed by atoms with Gasteiger partial charge in [-0.25, -0.2) is 0 Å². The Labute approximate surface area is 118 Å². The number of hydrogen-bond acceptors (Lipinski definition) is 4. The first-order chi connectivity index (χ1) is 9.47.